The summed E-state index contributed by atoms with van der Waals surface area (Å²) in [5.74, 6) is 0.740. The van der Waals surface area contributed by atoms with Gasteiger partial charge < -0.3 is 15.2 Å². The third-order valence-corrected chi connectivity index (χ3v) is 2.57. The lowest BCUT2D eigenvalue weighted by Gasteiger charge is -2.11. The number of nitrogens with two attached hydrogens (primary N) is 1. The molecule has 2 rings (SSSR count). The molecule has 0 saturated heterocycles. The number of benzene rings is 1. The number of hydrogen-bond acceptors (Lipinski definition) is 5. The van der Waals surface area contributed by atoms with Crippen LogP contribution in [-0.2, 0) is 0 Å². The molecule has 1 aromatic heterocycles. The number of nitrogens with zero attached hydrogens (tertiary/aromatic N) is 2. The molecule has 18 heavy (non-hydrogen) atoms. The summed E-state index contributed by atoms with van der Waals surface area (Å²) in [5, 5.41) is 0.290. The van der Waals surface area contributed by atoms with Crippen LogP contribution < -0.4 is 15.2 Å². The number of para-hydroxylation sites is 1. The van der Waals surface area contributed by atoms with Crippen molar-refractivity contribution in [3.05, 3.63) is 35.0 Å². The Bertz CT molecular complexity index is 555. The molecule has 1 heterocycles. The molecule has 0 fully saturated rings. The zero-order chi connectivity index (χ0) is 13.1. The minimum atomic E-state index is 0.182. The molecular formula is C12H12ClN3O2. The van der Waals surface area contributed by atoms with Crippen molar-refractivity contribution >= 4 is 17.3 Å². The molecule has 5 nitrogen and oxygen atoms in total. The van der Waals surface area contributed by atoms with Crippen molar-refractivity contribution in [3.63, 3.8) is 0 Å². The van der Waals surface area contributed by atoms with Gasteiger partial charge in [-0.15, -0.1) is 0 Å². The smallest absolute Gasteiger partial charge is 0.319 e. The first-order valence-electron chi connectivity index (χ1n) is 5.21. The normalized spacial score (nSPS) is 10.2. The summed E-state index contributed by atoms with van der Waals surface area (Å²) in [6, 6.07) is 5.66. The zero-order valence-corrected chi connectivity index (χ0v) is 10.7. The predicted octanol–water partition coefficient (Wildman–Crippen LogP) is 2.82. The molecule has 0 saturated carbocycles. The molecule has 0 aliphatic carbocycles. The van der Waals surface area contributed by atoms with Crippen LogP contribution >= 0.6 is 11.6 Å². The summed E-state index contributed by atoms with van der Waals surface area (Å²) in [5.41, 5.74) is 7.26. The van der Waals surface area contributed by atoms with Gasteiger partial charge >= 0.3 is 6.01 Å². The lowest BCUT2D eigenvalue weighted by molar-refractivity contribution is 0.366. The van der Waals surface area contributed by atoms with Gasteiger partial charge in [-0.3, -0.25) is 0 Å². The van der Waals surface area contributed by atoms with Crippen LogP contribution in [0, 0.1) is 6.92 Å². The Labute approximate surface area is 110 Å². The first kappa shape index (κ1) is 12.4. The predicted molar refractivity (Wildman–Crippen MR) is 69.3 cm³/mol. The van der Waals surface area contributed by atoms with E-state index in [-0.39, 0.29) is 11.9 Å². The molecule has 2 N–H and O–H groups in total. The minimum absolute atomic E-state index is 0.182. The van der Waals surface area contributed by atoms with Gasteiger partial charge in [-0.1, -0.05) is 23.7 Å². The summed E-state index contributed by atoms with van der Waals surface area (Å²) < 4.78 is 10.5. The molecular weight excluding hydrogens is 254 g/mol. The van der Waals surface area contributed by atoms with Crippen molar-refractivity contribution in [1.82, 2.24) is 9.97 Å². The fourth-order valence-electron chi connectivity index (χ4n) is 1.42. The van der Waals surface area contributed by atoms with Gasteiger partial charge in [-0.25, -0.2) is 4.98 Å². The number of rotatable bonds is 3. The highest BCUT2D eigenvalue weighted by molar-refractivity contribution is 6.31. The van der Waals surface area contributed by atoms with Crippen molar-refractivity contribution < 1.29 is 9.47 Å². The van der Waals surface area contributed by atoms with Gasteiger partial charge in [-0.05, 0) is 18.6 Å². The van der Waals surface area contributed by atoms with Gasteiger partial charge in [0.05, 0.1) is 19.0 Å². The van der Waals surface area contributed by atoms with E-state index in [1.165, 1.54) is 13.3 Å². The van der Waals surface area contributed by atoms with E-state index < -0.39 is 0 Å². The monoisotopic (exact) mass is 265 g/mol. The number of hydrogen-bond donors (Lipinski definition) is 1. The summed E-state index contributed by atoms with van der Waals surface area (Å²) in [6.45, 7) is 1.89. The van der Waals surface area contributed by atoms with Crippen molar-refractivity contribution in [2.45, 2.75) is 6.92 Å². The minimum Gasteiger partial charge on any atom is -0.467 e. The average Bonchev–Trinajstić information content (AvgIpc) is 2.36. The van der Waals surface area contributed by atoms with Crippen LogP contribution in [0.2, 0.25) is 5.02 Å². The lowest BCUT2D eigenvalue weighted by atomic mass is 10.2. The largest absolute Gasteiger partial charge is 0.467 e. The topological polar surface area (TPSA) is 70.3 Å². The highest BCUT2D eigenvalue weighted by Gasteiger charge is 2.11. The van der Waals surface area contributed by atoms with Gasteiger partial charge in [0.2, 0.25) is 5.88 Å². The van der Waals surface area contributed by atoms with E-state index in [0.717, 1.165) is 5.56 Å². The van der Waals surface area contributed by atoms with Crippen LogP contribution in [-0.4, -0.2) is 17.1 Å². The van der Waals surface area contributed by atoms with E-state index in [2.05, 4.69) is 9.97 Å². The average molecular weight is 266 g/mol. The third kappa shape index (κ3) is 2.46. The second-order valence-corrected chi connectivity index (χ2v) is 4.01. The highest BCUT2D eigenvalue weighted by atomic mass is 35.5. The highest BCUT2D eigenvalue weighted by Crippen LogP contribution is 2.33. The van der Waals surface area contributed by atoms with E-state index in [1.807, 2.05) is 19.1 Å². The van der Waals surface area contributed by atoms with Crippen molar-refractivity contribution in [3.8, 4) is 17.6 Å². The maximum Gasteiger partial charge on any atom is 0.319 e. The molecule has 0 bridgehead atoms. The Balaban J connectivity index is 2.39. The number of methoxy groups -OCH3 is 1. The maximum absolute atomic E-state index is 5.96. The number of anilines is 1. The molecule has 94 valence electrons. The molecule has 0 atom stereocenters. The number of aromatic nitrogens is 2. The first-order chi connectivity index (χ1) is 8.61. The van der Waals surface area contributed by atoms with Crippen LogP contribution in [0.15, 0.2) is 24.4 Å². The Morgan fingerprint density at radius 3 is 2.78 bits per heavy atom. The summed E-state index contributed by atoms with van der Waals surface area (Å²) in [6.07, 6.45) is 1.41. The fraction of sp³-hybridized carbons (Fsp3) is 0.167. The van der Waals surface area contributed by atoms with Crippen molar-refractivity contribution in [2.75, 3.05) is 12.8 Å². The van der Waals surface area contributed by atoms with Gasteiger partial charge in [-0.2, -0.15) is 4.98 Å². The fourth-order valence-corrected chi connectivity index (χ4v) is 1.55. The first-order valence-corrected chi connectivity index (χ1v) is 5.59. The summed E-state index contributed by atoms with van der Waals surface area (Å²) in [4.78, 5) is 7.89. The number of halogens is 1. The number of aryl methyl sites for hydroxylation is 1. The molecule has 0 aliphatic rings. The van der Waals surface area contributed by atoms with E-state index in [0.29, 0.717) is 16.5 Å². The maximum atomic E-state index is 5.96. The van der Waals surface area contributed by atoms with Crippen LogP contribution in [0.1, 0.15) is 5.56 Å². The lowest BCUT2D eigenvalue weighted by Crippen LogP contribution is -1.99. The van der Waals surface area contributed by atoms with E-state index in [9.17, 15) is 0 Å². The van der Waals surface area contributed by atoms with Gasteiger partial charge in [0.25, 0.3) is 0 Å². The van der Waals surface area contributed by atoms with Crippen molar-refractivity contribution in [1.29, 1.82) is 0 Å². The molecule has 1 aromatic carbocycles. The third-order valence-electron chi connectivity index (χ3n) is 2.31. The summed E-state index contributed by atoms with van der Waals surface area (Å²) in [7, 11) is 1.47. The van der Waals surface area contributed by atoms with Gasteiger partial charge in [0, 0.05) is 0 Å². The standard InChI is InChI=1S/C12H12ClN3O2/c1-7-4-3-5-9(14)10(7)18-11-8(13)6-15-12(16-11)17-2/h3-6H,14H2,1-2H3. The van der Waals surface area contributed by atoms with Crippen LogP contribution in [0.25, 0.3) is 0 Å². The Hall–Kier alpha value is -2.01. The van der Waals surface area contributed by atoms with Crippen LogP contribution in [0.5, 0.6) is 17.6 Å². The molecule has 2 aromatic rings. The van der Waals surface area contributed by atoms with Crippen LogP contribution in [0.3, 0.4) is 0 Å². The molecule has 0 unspecified atom stereocenters. The zero-order valence-electron chi connectivity index (χ0n) is 9.98. The Morgan fingerprint density at radius 1 is 1.33 bits per heavy atom. The van der Waals surface area contributed by atoms with E-state index in [1.54, 1.807) is 6.07 Å². The molecule has 0 spiro atoms. The molecule has 6 heteroatoms. The Kier molecular flexibility index (Phi) is 3.53. The number of ether oxygens (including phenoxy) is 2. The molecule has 0 radical (unpaired) electrons. The second kappa shape index (κ2) is 5.10. The van der Waals surface area contributed by atoms with Gasteiger partial charge in [0.1, 0.15) is 5.02 Å². The van der Waals surface area contributed by atoms with E-state index in [4.69, 9.17) is 26.8 Å². The molecule has 0 amide bonds. The molecule has 0 aliphatic heterocycles. The summed E-state index contributed by atoms with van der Waals surface area (Å²) >= 11 is 5.96. The SMILES string of the molecule is COc1ncc(Cl)c(Oc2c(C)cccc2N)n1. The second-order valence-electron chi connectivity index (χ2n) is 3.61. The van der Waals surface area contributed by atoms with E-state index >= 15 is 0 Å². The Morgan fingerprint density at radius 2 is 2.11 bits per heavy atom. The van der Waals surface area contributed by atoms with Gasteiger partial charge in [0.15, 0.2) is 5.75 Å². The quantitative estimate of drug-likeness (QED) is 0.864. The van der Waals surface area contributed by atoms with Crippen LogP contribution in [0.4, 0.5) is 5.69 Å². The van der Waals surface area contributed by atoms with Crippen molar-refractivity contribution in [2.24, 2.45) is 0 Å². The number of nitrogen functional groups attached to an aromatic ring is 1.